The average Bonchev–Trinajstić information content (AvgIpc) is 3.30. The Morgan fingerprint density at radius 1 is 0.972 bits per heavy atom. The molecule has 0 bridgehead atoms. The molecule has 0 amide bonds. The van der Waals surface area contributed by atoms with Gasteiger partial charge in [0.25, 0.3) is 0 Å². The third-order valence-electron chi connectivity index (χ3n) is 5.54. The van der Waals surface area contributed by atoms with Crippen LogP contribution in [0, 0.1) is 10.1 Å². The van der Waals surface area contributed by atoms with Crippen LogP contribution in [0.3, 0.4) is 0 Å². The molecular formula is C26H22N6O3S. The maximum atomic E-state index is 12.3. The molecule has 1 N–H and O–H groups in total. The summed E-state index contributed by atoms with van der Waals surface area (Å²) in [6, 6.07) is 25.1. The van der Waals surface area contributed by atoms with Gasteiger partial charge in [0.2, 0.25) is 11.6 Å². The van der Waals surface area contributed by atoms with Gasteiger partial charge >= 0.3 is 5.69 Å². The number of rotatable bonds is 9. The molecule has 0 aliphatic rings. The largest absolute Gasteiger partial charge is 0.497 e. The lowest BCUT2D eigenvalue weighted by atomic mass is 10.1. The van der Waals surface area contributed by atoms with Gasteiger partial charge in [-0.05, 0) is 29.3 Å². The lowest BCUT2D eigenvalue weighted by molar-refractivity contribution is -0.383. The van der Waals surface area contributed by atoms with E-state index >= 15 is 0 Å². The first-order chi connectivity index (χ1) is 17.6. The first-order valence-electron chi connectivity index (χ1n) is 11.1. The fourth-order valence-corrected chi connectivity index (χ4v) is 4.75. The van der Waals surface area contributed by atoms with Gasteiger partial charge in [-0.2, -0.15) is 0 Å². The number of thiazole rings is 1. The van der Waals surface area contributed by atoms with Gasteiger partial charge in [0.15, 0.2) is 5.13 Å². The number of anilines is 3. The van der Waals surface area contributed by atoms with Crippen molar-refractivity contribution in [3.8, 4) is 5.75 Å². The molecule has 0 aliphatic carbocycles. The minimum Gasteiger partial charge on any atom is -0.497 e. The Morgan fingerprint density at radius 3 is 2.25 bits per heavy atom. The number of aromatic nitrogens is 3. The molecule has 5 aromatic rings. The van der Waals surface area contributed by atoms with Crippen molar-refractivity contribution in [2.45, 2.75) is 13.1 Å². The van der Waals surface area contributed by atoms with E-state index in [9.17, 15) is 10.1 Å². The Bertz CT molecular complexity index is 1450. The molecule has 2 heterocycles. The Morgan fingerprint density at radius 2 is 1.64 bits per heavy atom. The van der Waals surface area contributed by atoms with E-state index in [1.54, 1.807) is 7.11 Å². The van der Waals surface area contributed by atoms with Crippen molar-refractivity contribution in [3.63, 3.8) is 0 Å². The molecule has 0 aliphatic heterocycles. The number of ether oxygens (including phenoxy) is 1. The minimum atomic E-state index is -0.447. The van der Waals surface area contributed by atoms with Gasteiger partial charge in [-0.1, -0.05) is 72.0 Å². The number of methoxy groups -OCH3 is 1. The molecular weight excluding hydrogens is 476 g/mol. The molecule has 36 heavy (non-hydrogen) atoms. The molecule has 3 aromatic carbocycles. The summed E-state index contributed by atoms with van der Waals surface area (Å²) in [6.07, 6.45) is 1.34. The summed E-state index contributed by atoms with van der Waals surface area (Å²) in [5, 5.41) is 15.9. The molecule has 180 valence electrons. The third-order valence-corrected chi connectivity index (χ3v) is 6.47. The summed E-state index contributed by atoms with van der Waals surface area (Å²) in [5.41, 5.74) is 2.57. The first kappa shape index (κ1) is 23.2. The summed E-state index contributed by atoms with van der Waals surface area (Å²) < 4.78 is 6.18. The number of hydrogen-bond donors (Lipinski definition) is 1. The number of benzene rings is 3. The second-order valence-corrected chi connectivity index (χ2v) is 8.99. The normalized spacial score (nSPS) is 10.8. The van der Waals surface area contributed by atoms with Crippen molar-refractivity contribution >= 4 is 44.0 Å². The zero-order valence-corrected chi connectivity index (χ0v) is 20.2. The number of nitrogens with one attached hydrogen (secondary N) is 1. The van der Waals surface area contributed by atoms with Crippen molar-refractivity contribution in [3.05, 3.63) is 106 Å². The van der Waals surface area contributed by atoms with E-state index < -0.39 is 4.92 Å². The van der Waals surface area contributed by atoms with Gasteiger partial charge < -0.3 is 15.0 Å². The smallest absolute Gasteiger partial charge is 0.353 e. The quantitative estimate of drug-likeness (QED) is 0.196. The zero-order chi connectivity index (χ0) is 24.9. The molecule has 9 nitrogen and oxygen atoms in total. The van der Waals surface area contributed by atoms with Gasteiger partial charge in [0.1, 0.15) is 12.1 Å². The molecule has 0 saturated carbocycles. The van der Waals surface area contributed by atoms with E-state index in [-0.39, 0.29) is 17.3 Å². The summed E-state index contributed by atoms with van der Waals surface area (Å²) >= 11 is 1.36. The zero-order valence-electron chi connectivity index (χ0n) is 19.4. The maximum absolute atomic E-state index is 12.3. The van der Waals surface area contributed by atoms with Crippen molar-refractivity contribution in [1.29, 1.82) is 0 Å². The number of nitro groups is 1. The van der Waals surface area contributed by atoms with E-state index in [2.05, 4.69) is 20.3 Å². The summed E-state index contributed by atoms with van der Waals surface area (Å²) in [4.78, 5) is 26.9. The van der Waals surface area contributed by atoms with Crippen LogP contribution in [0.5, 0.6) is 5.75 Å². The molecule has 0 unspecified atom stereocenters. The fraction of sp³-hybridized carbons (Fsp3) is 0.115. The van der Waals surface area contributed by atoms with Crippen LogP contribution in [-0.4, -0.2) is 27.0 Å². The predicted octanol–water partition coefficient (Wildman–Crippen LogP) is 5.95. The lowest BCUT2D eigenvalue weighted by Gasteiger charge is -2.24. The Hall–Kier alpha value is -4.57. The molecule has 0 fully saturated rings. The second-order valence-electron chi connectivity index (χ2n) is 7.96. The van der Waals surface area contributed by atoms with E-state index in [0.717, 1.165) is 21.3 Å². The standard InChI is InChI=1S/C26H22N6O3S/c1-35-20-12-13-21-22(14-20)36-26(29-21)30-24-23(32(33)34)25(28-17-27-24)31(15-18-8-4-2-5-9-18)16-19-10-6-3-7-11-19/h2-14,17H,15-16H2,1H3,(H,27,28,29,30). The summed E-state index contributed by atoms with van der Waals surface area (Å²) in [5.74, 6) is 1.03. The molecule has 0 saturated heterocycles. The monoisotopic (exact) mass is 498 g/mol. The molecule has 0 atom stereocenters. The van der Waals surface area contributed by atoms with Crippen LogP contribution in [0.1, 0.15) is 11.1 Å². The first-order valence-corrected chi connectivity index (χ1v) is 12.0. The number of fused-ring (bicyclic) bond motifs is 1. The Labute approximate surface area is 211 Å². The highest BCUT2D eigenvalue weighted by atomic mass is 32.1. The predicted molar refractivity (Wildman–Crippen MR) is 141 cm³/mol. The second kappa shape index (κ2) is 10.4. The molecule has 10 heteroatoms. The topological polar surface area (TPSA) is 106 Å². The van der Waals surface area contributed by atoms with Gasteiger partial charge in [-0.3, -0.25) is 10.1 Å². The van der Waals surface area contributed by atoms with Crippen LogP contribution in [0.25, 0.3) is 10.2 Å². The summed E-state index contributed by atoms with van der Waals surface area (Å²) in [6.45, 7) is 0.877. The van der Waals surface area contributed by atoms with Gasteiger partial charge in [-0.25, -0.2) is 15.0 Å². The van der Waals surface area contributed by atoms with E-state index in [1.165, 1.54) is 17.7 Å². The van der Waals surface area contributed by atoms with Crippen molar-refractivity contribution in [1.82, 2.24) is 15.0 Å². The van der Waals surface area contributed by atoms with Crippen LogP contribution < -0.4 is 15.0 Å². The minimum absolute atomic E-state index is 0.0853. The van der Waals surface area contributed by atoms with Crippen LogP contribution >= 0.6 is 11.3 Å². The molecule has 0 spiro atoms. The van der Waals surface area contributed by atoms with Gasteiger partial charge in [-0.15, -0.1) is 0 Å². The number of nitrogens with zero attached hydrogens (tertiary/aromatic N) is 5. The molecule has 0 radical (unpaired) electrons. The van der Waals surface area contributed by atoms with Crippen molar-refractivity contribution in [2.24, 2.45) is 0 Å². The Balaban J connectivity index is 1.53. The van der Waals surface area contributed by atoms with Crippen molar-refractivity contribution < 1.29 is 9.66 Å². The number of hydrogen-bond acceptors (Lipinski definition) is 9. The average molecular weight is 499 g/mol. The van der Waals surface area contributed by atoms with Crippen LogP contribution in [0.4, 0.5) is 22.5 Å². The highest BCUT2D eigenvalue weighted by molar-refractivity contribution is 7.22. The van der Waals surface area contributed by atoms with Crippen molar-refractivity contribution in [2.75, 3.05) is 17.3 Å². The van der Waals surface area contributed by atoms with E-state index in [4.69, 9.17) is 4.74 Å². The van der Waals surface area contributed by atoms with Crippen LogP contribution in [0.15, 0.2) is 85.2 Å². The lowest BCUT2D eigenvalue weighted by Crippen LogP contribution is -2.24. The highest BCUT2D eigenvalue weighted by Gasteiger charge is 2.28. The third kappa shape index (κ3) is 5.08. The molecule has 2 aromatic heterocycles. The van der Waals surface area contributed by atoms with E-state index in [1.807, 2.05) is 83.8 Å². The fourth-order valence-electron chi connectivity index (χ4n) is 3.86. The molecule has 5 rings (SSSR count). The maximum Gasteiger partial charge on any atom is 0.353 e. The van der Waals surface area contributed by atoms with Crippen LogP contribution in [0.2, 0.25) is 0 Å². The SMILES string of the molecule is COc1ccc2nc(Nc3ncnc(N(Cc4ccccc4)Cc4ccccc4)c3[N+](=O)[O-])sc2c1. The summed E-state index contributed by atoms with van der Waals surface area (Å²) in [7, 11) is 1.60. The Kier molecular flexibility index (Phi) is 6.67. The van der Waals surface area contributed by atoms with Crippen LogP contribution in [-0.2, 0) is 13.1 Å². The highest BCUT2D eigenvalue weighted by Crippen LogP contribution is 2.37. The van der Waals surface area contributed by atoms with Gasteiger partial charge in [0, 0.05) is 13.1 Å². The van der Waals surface area contributed by atoms with E-state index in [0.29, 0.717) is 24.0 Å². The van der Waals surface area contributed by atoms with Gasteiger partial charge in [0.05, 0.1) is 22.2 Å².